The maximum atomic E-state index is 12.3. The van der Waals surface area contributed by atoms with Crippen molar-refractivity contribution in [1.82, 2.24) is 14.8 Å². The van der Waals surface area contributed by atoms with Gasteiger partial charge in [-0.15, -0.1) is 0 Å². The van der Waals surface area contributed by atoms with Crippen LogP contribution in [-0.4, -0.2) is 38.8 Å². The standard InChI is InChI=1S/C14H8F3N3O4/c15-14(16,17)7-19-6-8(5-18-19)13(23)24-20-11(21)9-3-1-2-4-10(9)12(20)22/h1-6H,7H2. The summed E-state index contributed by atoms with van der Waals surface area (Å²) in [4.78, 5) is 40.7. The second-order valence-corrected chi connectivity index (χ2v) is 4.87. The number of fused-ring (bicyclic) bond motifs is 1. The molecule has 1 aromatic heterocycles. The van der Waals surface area contributed by atoms with Gasteiger partial charge in [0.2, 0.25) is 0 Å². The molecule has 10 heteroatoms. The molecule has 0 spiro atoms. The summed E-state index contributed by atoms with van der Waals surface area (Å²) < 4.78 is 37.3. The number of hydrogen-bond donors (Lipinski definition) is 0. The van der Waals surface area contributed by atoms with Crippen LogP contribution in [0.5, 0.6) is 0 Å². The van der Waals surface area contributed by atoms with Crippen LogP contribution in [0, 0.1) is 0 Å². The first-order chi connectivity index (χ1) is 11.3. The molecule has 0 radical (unpaired) electrons. The summed E-state index contributed by atoms with van der Waals surface area (Å²) in [6, 6.07) is 5.86. The van der Waals surface area contributed by atoms with E-state index in [1.54, 1.807) is 0 Å². The van der Waals surface area contributed by atoms with E-state index in [4.69, 9.17) is 4.84 Å². The number of rotatable bonds is 3. The largest absolute Gasteiger partial charge is 0.408 e. The van der Waals surface area contributed by atoms with Gasteiger partial charge in [-0.2, -0.15) is 18.3 Å². The third kappa shape index (κ3) is 2.85. The quantitative estimate of drug-likeness (QED) is 0.797. The van der Waals surface area contributed by atoms with Gasteiger partial charge in [-0.1, -0.05) is 17.2 Å². The molecule has 0 aliphatic carbocycles. The van der Waals surface area contributed by atoms with Crippen molar-refractivity contribution in [3.8, 4) is 0 Å². The monoisotopic (exact) mass is 339 g/mol. The van der Waals surface area contributed by atoms with Gasteiger partial charge in [0.05, 0.1) is 22.9 Å². The fourth-order valence-corrected chi connectivity index (χ4v) is 2.12. The molecule has 0 atom stereocenters. The van der Waals surface area contributed by atoms with Crippen LogP contribution >= 0.6 is 0 Å². The van der Waals surface area contributed by atoms with E-state index >= 15 is 0 Å². The van der Waals surface area contributed by atoms with Gasteiger partial charge in [-0.05, 0) is 12.1 Å². The van der Waals surface area contributed by atoms with Crippen LogP contribution in [0.25, 0.3) is 0 Å². The van der Waals surface area contributed by atoms with Crippen molar-refractivity contribution in [1.29, 1.82) is 0 Å². The molecule has 0 N–H and O–H groups in total. The first-order valence-corrected chi connectivity index (χ1v) is 6.55. The minimum absolute atomic E-state index is 0.0723. The van der Waals surface area contributed by atoms with Crippen LogP contribution in [-0.2, 0) is 11.4 Å². The van der Waals surface area contributed by atoms with Gasteiger partial charge in [0.1, 0.15) is 6.54 Å². The molecular formula is C14H8F3N3O4. The smallest absolute Gasteiger partial charge is 0.324 e. The zero-order valence-electron chi connectivity index (χ0n) is 11.8. The highest BCUT2D eigenvalue weighted by Crippen LogP contribution is 2.23. The van der Waals surface area contributed by atoms with E-state index < -0.39 is 30.5 Å². The molecular weight excluding hydrogens is 331 g/mol. The summed E-state index contributed by atoms with van der Waals surface area (Å²) in [6.07, 6.45) is -2.84. The molecule has 3 rings (SSSR count). The average Bonchev–Trinajstić information content (AvgIpc) is 3.05. The number of benzene rings is 1. The summed E-state index contributed by atoms with van der Waals surface area (Å²) in [5.41, 5.74) is -0.179. The molecule has 124 valence electrons. The Morgan fingerprint density at radius 3 is 2.25 bits per heavy atom. The molecule has 2 aromatic rings. The van der Waals surface area contributed by atoms with Crippen molar-refractivity contribution >= 4 is 17.8 Å². The highest BCUT2D eigenvalue weighted by molar-refractivity contribution is 6.21. The molecule has 0 bridgehead atoms. The Morgan fingerprint density at radius 2 is 1.71 bits per heavy atom. The van der Waals surface area contributed by atoms with E-state index in [2.05, 4.69) is 5.10 Å². The molecule has 7 nitrogen and oxygen atoms in total. The first kappa shape index (κ1) is 15.7. The topological polar surface area (TPSA) is 81.5 Å². The second kappa shape index (κ2) is 5.48. The summed E-state index contributed by atoms with van der Waals surface area (Å²) >= 11 is 0. The van der Waals surface area contributed by atoms with E-state index in [-0.39, 0.29) is 21.8 Å². The lowest BCUT2D eigenvalue weighted by molar-refractivity contribution is -0.142. The van der Waals surface area contributed by atoms with E-state index in [0.29, 0.717) is 4.68 Å². The molecule has 1 aliphatic heterocycles. The van der Waals surface area contributed by atoms with Crippen LogP contribution in [0.2, 0.25) is 0 Å². The molecule has 2 amide bonds. The van der Waals surface area contributed by atoms with Gasteiger partial charge >= 0.3 is 12.1 Å². The van der Waals surface area contributed by atoms with Gasteiger partial charge in [-0.3, -0.25) is 14.3 Å². The zero-order chi connectivity index (χ0) is 17.5. The molecule has 24 heavy (non-hydrogen) atoms. The minimum atomic E-state index is -4.50. The Bertz CT molecular complexity index is 809. The molecule has 1 aromatic carbocycles. The van der Waals surface area contributed by atoms with Crippen molar-refractivity contribution in [2.45, 2.75) is 12.7 Å². The predicted molar refractivity (Wildman–Crippen MR) is 70.6 cm³/mol. The lowest BCUT2D eigenvalue weighted by Gasteiger charge is -2.11. The molecule has 0 saturated carbocycles. The normalized spacial score (nSPS) is 14.0. The number of carbonyl (C=O) groups excluding carboxylic acids is 3. The lowest BCUT2D eigenvalue weighted by Crippen LogP contribution is -2.32. The van der Waals surface area contributed by atoms with Gasteiger partial charge in [0, 0.05) is 6.20 Å². The van der Waals surface area contributed by atoms with Crippen LogP contribution in [0.3, 0.4) is 0 Å². The molecule has 0 saturated heterocycles. The Hall–Kier alpha value is -3.17. The highest BCUT2D eigenvalue weighted by Gasteiger charge is 2.39. The Labute approximate surface area is 132 Å². The van der Waals surface area contributed by atoms with Crippen molar-refractivity contribution in [3.05, 3.63) is 53.3 Å². The minimum Gasteiger partial charge on any atom is -0.324 e. The SMILES string of the molecule is O=C(ON1C(=O)c2ccccc2C1=O)c1cnn(CC(F)(F)F)c1. The van der Waals surface area contributed by atoms with Crippen LogP contribution in [0.4, 0.5) is 13.2 Å². The van der Waals surface area contributed by atoms with Gasteiger partial charge in [-0.25, -0.2) is 4.79 Å². The van der Waals surface area contributed by atoms with E-state index in [0.717, 1.165) is 12.4 Å². The lowest BCUT2D eigenvalue weighted by atomic mass is 10.1. The summed E-state index contributed by atoms with van der Waals surface area (Å²) in [7, 11) is 0. The van der Waals surface area contributed by atoms with Crippen LogP contribution in [0.1, 0.15) is 31.1 Å². The molecule has 0 fully saturated rings. The number of nitrogens with zero attached hydrogens (tertiary/aromatic N) is 3. The van der Waals surface area contributed by atoms with Crippen LogP contribution in [0.15, 0.2) is 36.7 Å². The van der Waals surface area contributed by atoms with Crippen molar-refractivity contribution in [2.24, 2.45) is 0 Å². The number of amides is 2. The first-order valence-electron chi connectivity index (χ1n) is 6.55. The fourth-order valence-electron chi connectivity index (χ4n) is 2.12. The fraction of sp³-hybridized carbons (Fsp3) is 0.143. The summed E-state index contributed by atoms with van der Waals surface area (Å²) in [6.45, 7) is -1.38. The van der Waals surface area contributed by atoms with Crippen molar-refractivity contribution < 1.29 is 32.4 Å². The third-order valence-corrected chi connectivity index (χ3v) is 3.14. The third-order valence-electron chi connectivity index (χ3n) is 3.14. The number of hydrogen-bond acceptors (Lipinski definition) is 5. The van der Waals surface area contributed by atoms with E-state index in [9.17, 15) is 27.6 Å². The van der Waals surface area contributed by atoms with Crippen molar-refractivity contribution in [3.63, 3.8) is 0 Å². The van der Waals surface area contributed by atoms with E-state index in [1.807, 2.05) is 0 Å². The molecule has 2 heterocycles. The second-order valence-electron chi connectivity index (χ2n) is 4.87. The average molecular weight is 339 g/mol. The van der Waals surface area contributed by atoms with Crippen molar-refractivity contribution in [2.75, 3.05) is 0 Å². The Morgan fingerprint density at radius 1 is 1.12 bits per heavy atom. The zero-order valence-corrected chi connectivity index (χ0v) is 11.8. The summed E-state index contributed by atoms with van der Waals surface area (Å²) in [5, 5.41) is 3.65. The Balaban J connectivity index is 1.75. The number of hydroxylamine groups is 2. The van der Waals surface area contributed by atoms with Crippen LogP contribution < -0.4 is 0 Å². The van der Waals surface area contributed by atoms with E-state index in [1.165, 1.54) is 24.3 Å². The maximum absolute atomic E-state index is 12.3. The number of carbonyl (C=O) groups is 3. The molecule has 0 unspecified atom stereocenters. The predicted octanol–water partition coefficient (Wildman–Crippen LogP) is 1.81. The maximum Gasteiger partial charge on any atom is 0.408 e. The van der Waals surface area contributed by atoms with Gasteiger partial charge in [0.25, 0.3) is 11.8 Å². The number of aromatic nitrogens is 2. The van der Waals surface area contributed by atoms with Gasteiger partial charge < -0.3 is 4.84 Å². The number of halogens is 3. The molecule has 1 aliphatic rings. The number of imide groups is 1. The van der Waals surface area contributed by atoms with Gasteiger partial charge in [0.15, 0.2) is 0 Å². The summed E-state index contributed by atoms with van der Waals surface area (Å²) in [5.74, 6) is -2.82. The Kier molecular flexibility index (Phi) is 3.59. The number of alkyl halides is 3. The highest BCUT2D eigenvalue weighted by atomic mass is 19.4.